The zero-order valence-electron chi connectivity index (χ0n) is 14.0. The maximum absolute atomic E-state index is 12.0. The lowest BCUT2D eigenvalue weighted by molar-refractivity contribution is 0.578. The van der Waals surface area contributed by atoms with Crippen LogP contribution in [0.1, 0.15) is 17.5 Å². The average molecular weight is 383 g/mol. The molecule has 0 aromatic heterocycles. The van der Waals surface area contributed by atoms with E-state index in [1.807, 2.05) is 30.3 Å². The maximum atomic E-state index is 12.0. The summed E-state index contributed by atoms with van der Waals surface area (Å²) in [5, 5.41) is 0. The van der Waals surface area contributed by atoms with Gasteiger partial charge in [0, 0.05) is 12.2 Å². The predicted octanol–water partition coefficient (Wildman–Crippen LogP) is 2.11. The summed E-state index contributed by atoms with van der Waals surface area (Å²) in [6.07, 6.45) is 2.46. The van der Waals surface area contributed by atoms with Crippen LogP contribution in [0.5, 0.6) is 0 Å². The topological polar surface area (TPSA) is 92.3 Å². The summed E-state index contributed by atoms with van der Waals surface area (Å²) < 4.78 is 51.3. The SMILES string of the molecule is CS(=O)(=O)Nc1ccc(CCCNS(=O)(=O)Cc2ccccc2)cc1. The number of anilines is 1. The fourth-order valence-electron chi connectivity index (χ4n) is 2.32. The first-order valence-electron chi connectivity index (χ1n) is 7.81. The summed E-state index contributed by atoms with van der Waals surface area (Å²) in [6, 6.07) is 16.1. The van der Waals surface area contributed by atoms with Crippen LogP contribution in [-0.2, 0) is 32.2 Å². The molecule has 0 bridgehead atoms. The van der Waals surface area contributed by atoms with E-state index in [0.29, 0.717) is 25.1 Å². The van der Waals surface area contributed by atoms with E-state index in [4.69, 9.17) is 0 Å². The average Bonchev–Trinajstić information content (AvgIpc) is 2.52. The third kappa shape index (κ3) is 7.68. The van der Waals surface area contributed by atoms with E-state index >= 15 is 0 Å². The molecule has 0 amide bonds. The maximum Gasteiger partial charge on any atom is 0.229 e. The Kier molecular flexibility index (Phi) is 6.57. The highest BCUT2D eigenvalue weighted by Crippen LogP contribution is 2.12. The molecular formula is C17H22N2O4S2. The van der Waals surface area contributed by atoms with Gasteiger partial charge in [0.2, 0.25) is 20.0 Å². The summed E-state index contributed by atoms with van der Waals surface area (Å²) >= 11 is 0. The van der Waals surface area contributed by atoms with Crippen LogP contribution in [-0.4, -0.2) is 29.6 Å². The summed E-state index contributed by atoms with van der Waals surface area (Å²) in [6.45, 7) is 0.360. The third-order valence-electron chi connectivity index (χ3n) is 3.42. The molecule has 8 heteroatoms. The molecule has 25 heavy (non-hydrogen) atoms. The lowest BCUT2D eigenvalue weighted by atomic mass is 10.1. The first-order valence-corrected chi connectivity index (χ1v) is 11.4. The molecule has 0 radical (unpaired) electrons. The van der Waals surface area contributed by atoms with Gasteiger partial charge < -0.3 is 0 Å². The van der Waals surface area contributed by atoms with Gasteiger partial charge in [0.25, 0.3) is 0 Å². The van der Waals surface area contributed by atoms with Crippen LogP contribution in [0.3, 0.4) is 0 Å². The minimum atomic E-state index is -3.34. The first kappa shape index (κ1) is 19.4. The molecule has 2 aromatic rings. The van der Waals surface area contributed by atoms with Gasteiger partial charge in [0.1, 0.15) is 0 Å². The molecule has 0 saturated heterocycles. The molecule has 0 fully saturated rings. The zero-order chi connectivity index (χ0) is 18.3. The van der Waals surface area contributed by atoms with Crippen molar-refractivity contribution in [3.8, 4) is 0 Å². The molecule has 2 aromatic carbocycles. The zero-order valence-corrected chi connectivity index (χ0v) is 15.6. The Labute approximate surface area is 149 Å². The lowest BCUT2D eigenvalue weighted by Crippen LogP contribution is -2.26. The van der Waals surface area contributed by atoms with Gasteiger partial charge in [-0.05, 0) is 36.1 Å². The van der Waals surface area contributed by atoms with Crippen molar-refractivity contribution in [1.82, 2.24) is 4.72 Å². The number of rotatable bonds is 9. The highest BCUT2D eigenvalue weighted by Gasteiger charge is 2.10. The summed E-state index contributed by atoms with van der Waals surface area (Å²) in [5.41, 5.74) is 2.28. The molecule has 136 valence electrons. The Morgan fingerprint density at radius 3 is 2.08 bits per heavy atom. The number of hydrogen-bond acceptors (Lipinski definition) is 4. The van der Waals surface area contributed by atoms with Gasteiger partial charge in [-0.15, -0.1) is 0 Å². The monoisotopic (exact) mass is 382 g/mol. The second-order valence-electron chi connectivity index (χ2n) is 5.81. The van der Waals surface area contributed by atoms with Crippen molar-refractivity contribution < 1.29 is 16.8 Å². The van der Waals surface area contributed by atoms with Crippen molar-refractivity contribution >= 4 is 25.7 Å². The van der Waals surface area contributed by atoms with Crippen molar-refractivity contribution in [1.29, 1.82) is 0 Å². The normalized spacial score (nSPS) is 12.0. The fourth-order valence-corrected chi connectivity index (χ4v) is 4.07. The Morgan fingerprint density at radius 1 is 0.840 bits per heavy atom. The Bertz CT molecular complexity index is 878. The van der Waals surface area contributed by atoms with Gasteiger partial charge in [-0.3, -0.25) is 4.72 Å². The van der Waals surface area contributed by atoms with Gasteiger partial charge in [0.15, 0.2) is 0 Å². The highest BCUT2D eigenvalue weighted by atomic mass is 32.2. The smallest absolute Gasteiger partial charge is 0.229 e. The van der Waals surface area contributed by atoms with E-state index in [2.05, 4.69) is 9.44 Å². The van der Waals surface area contributed by atoms with Gasteiger partial charge in [-0.1, -0.05) is 42.5 Å². The van der Waals surface area contributed by atoms with E-state index in [-0.39, 0.29) is 5.75 Å². The minimum Gasteiger partial charge on any atom is -0.284 e. The number of sulfonamides is 2. The van der Waals surface area contributed by atoms with E-state index in [0.717, 1.165) is 17.4 Å². The predicted molar refractivity (Wildman–Crippen MR) is 100 cm³/mol. The number of nitrogens with one attached hydrogen (secondary N) is 2. The fraction of sp³-hybridized carbons (Fsp3) is 0.294. The Hall–Kier alpha value is -1.90. The van der Waals surface area contributed by atoms with Crippen molar-refractivity contribution in [2.24, 2.45) is 0 Å². The number of benzene rings is 2. The van der Waals surface area contributed by atoms with E-state index in [1.165, 1.54) is 0 Å². The molecule has 0 heterocycles. The number of hydrogen-bond donors (Lipinski definition) is 2. The number of aryl methyl sites for hydroxylation is 1. The third-order valence-corrected chi connectivity index (χ3v) is 5.38. The van der Waals surface area contributed by atoms with Crippen LogP contribution in [0.15, 0.2) is 54.6 Å². The van der Waals surface area contributed by atoms with Crippen molar-refractivity contribution in [3.05, 3.63) is 65.7 Å². The molecule has 2 N–H and O–H groups in total. The van der Waals surface area contributed by atoms with Crippen LogP contribution in [0.2, 0.25) is 0 Å². The molecule has 0 spiro atoms. The molecule has 0 saturated carbocycles. The van der Waals surface area contributed by atoms with E-state index < -0.39 is 20.0 Å². The summed E-state index contributed by atoms with van der Waals surface area (Å²) in [4.78, 5) is 0. The quantitative estimate of drug-likeness (QED) is 0.650. The molecule has 0 aliphatic rings. The molecule has 2 rings (SSSR count). The minimum absolute atomic E-state index is 0.0281. The second kappa shape index (κ2) is 8.46. The van der Waals surface area contributed by atoms with Crippen molar-refractivity contribution in [2.75, 3.05) is 17.5 Å². The lowest BCUT2D eigenvalue weighted by Gasteiger charge is -2.08. The van der Waals surface area contributed by atoms with Gasteiger partial charge in [-0.25, -0.2) is 21.6 Å². The Balaban J connectivity index is 1.77. The first-order chi connectivity index (χ1) is 11.7. The van der Waals surface area contributed by atoms with Crippen LogP contribution >= 0.6 is 0 Å². The van der Waals surface area contributed by atoms with Crippen LogP contribution in [0.4, 0.5) is 5.69 Å². The van der Waals surface area contributed by atoms with Crippen LogP contribution in [0.25, 0.3) is 0 Å². The van der Waals surface area contributed by atoms with Gasteiger partial charge in [0.05, 0.1) is 12.0 Å². The standard InChI is InChI=1S/C17H22N2O4S2/c1-24(20,21)19-17-11-9-15(10-12-17)8-5-13-18-25(22,23)14-16-6-3-2-4-7-16/h2-4,6-7,9-12,18-19H,5,8,13-14H2,1H3. The molecule has 0 unspecified atom stereocenters. The highest BCUT2D eigenvalue weighted by molar-refractivity contribution is 7.92. The molecular weight excluding hydrogens is 360 g/mol. The van der Waals surface area contributed by atoms with E-state index in [9.17, 15) is 16.8 Å². The molecule has 0 atom stereocenters. The van der Waals surface area contributed by atoms with Crippen LogP contribution < -0.4 is 9.44 Å². The summed E-state index contributed by atoms with van der Waals surface area (Å²) in [5.74, 6) is -0.0281. The molecule has 6 nitrogen and oxygen atoms in total. The molecule has 0 aliphatic carbocycles. The molecule has 0 aliphatic heterocycles. The summed E-state index contributed by atoms with van der Waals surface area (Å²) in [7, 11) is -6.62. The van der Waals surface area contributed by atoms with Gasteiger partial charge in [-0.2, -0.15) is 0 Å². The van der Waals surface area contributed by atoms with E-state index in [1.54, 1.807) is 24.3 Å². The van der Waals surface area contributed by atoms with Crippen LogP contribution in [0, 0.1) is 0 Å². The van der Waals surface area contributed by atoms with Gasteiger partial charge >= 0.3 is 0 Å². The Morgan fingerprint density at radius 2 is 1.48 bits per heavy atom. The largest absolute Gasteiger partial charge is 0.284 e. The van der Waals surface area contributed by atoms with Crippen molar-refractivity contribution in [2.45, 2.75) is 18.6 Å². The second-order valence-corrected chi connectivity index (χ2v) is 9.37. The van der Waals surface area contributed by atoms with Crippen molar-refractivity contribution in [3.63, 3.8) is 0 Å².